The highest BCUT2D eigenvalue weighted by atomic mass is 35.5. The van der Waals surface area contributed by atoms with E-state index in [1.54, 1.807) is 54.6 Å². The number of para-hydroxylation sites is 1. The van der Waals surface area contributed by atoms with Crippen LogP contribution < -0.4 is 10.2 Å². The number of nitrogens with zero attached hydrogens (tertiary/aromatic N) is 2. The van der Waals surface area contributed by atoms with Gasteiger partial charge < -0.3 is 10.2 Å². The highest BCUT2D eigenvalue weighted by Gasteiger charge is 2.51. The summed E-state index contributed by atoms with van der Waals surface area (Å²) in [6, 6.07) is 14.1. The van der Waals surface area contributed by atoms with Crippen molar-refractivity contribution in [3.63, 3.8) is 0 Å². The van der Waals surface area contributed by atoms with Gasteiger partial charge in [-0.15, -0.1) is 0 Å². The molecule has 0 aliphatic carbocycles. The fraction of sp³-hybridized carbons (Fsp3) is 0.318. The molecule has 8 nitrogen and oxygen atoms in total. The summed E-state index contributed by atoms with van der Waals surface area (Å²) in [5, 5.41) is 2.96. The minimum atomic E-state index is -3.26. The van der Waals surface area contributed by atoms with Gasteiger partial charge in [-0.3, -0.25) is 14.5 Å². The molecule has 1 N–H and O–H groups in total. The molecule has 0 unspecified atom stereocenters. The Labute approximate surface area is 191 Å². The number of urea groups is 1. The van der Waals surface area contributed by atoms with Crippen molar-refractivity contribution in [2.75, 3.05) is 23.0 Å². The van der Waals surface area contributed by atoms with Crippen LogP contribution in [-0.4, -0.2) is 55.3 Å². The van der Waals surface area contributed by atoms with Crippen molar-refractivity contribution < 1.29 is 22.8 Å². The summed E-state index contributed by atoms with van der Waals surface area (Å²) in [5.41, 5.74) is -0.471. The SMILES string of the molecule is C[C@@]1(c2ccccc2Cl)NC(=O)N(CC(=O)N(c2ccccc2)[C@@H]2CCS(=O)(=O)C2)C1=O. The van der Waals surface area contributed by atoms with Gasteiger partial charge in [0.25, 0.3) is 5.91 Å². The summed E-state index contributed by atoms with van der Waals surface area (Å²) in [5.74, 6) is -1.31. The van der Waals surface area contributed by atoms with Gasteiger partial charge in [0.1, 0.15) is 12.1 Å². The van der Waals surface area contributed by atoms with Crippen LogP contribution in [-0.2, 0) is 25.0 Å². The maximum atomic E-state index is 13.3. The van der Waals surface area contributed by atoms with Crippen LogP contribution >= 0.6 is 11.6 Å². The fourth-order valence-electron chi connectivity index (χ4n) is 4.23. The van der Waals surface area contributed by atoms with Crippen molar-refractivity contribution in [3.8, 4) is 0 Å². The molecule has 0 aromatic heterocycles. The molecule has 2 aromatic carbocycles. The Morgan fingerprint density at radius 1 is 1.16 bits per heavy atom. The van der Waals surface area contributed by atoms with Crippen molar-refractivity contribution in [2.24, 2.45) is 0 Å². The Kier molecular flexibility index (Phi) is 5.72. The van der Waals surface area contributed by atoms with E-state index >= 15 is 0 Å². The number of sulfone groups is 1. The second-order valence-corrected chi connectivity index (χ2v) is 10.7. The molecule has 168 valence electrons. The molecule has 2 saturated heterocycles. The normalized spacial score (nSPS) is 24.4. The third kappa shape index (κ3) is 3.98. The molecule has 2 aliphatic heterocycles. The van der Waals surface area contributed by atoms with E-state index in [4.69, 9.17) is 11.6 Å². The quantitative estimate of drug-likeness (QED) is 0.668. The first kappa shape index (κ1) is 22.3. The molecule has 10 heteroatoms. The molecule has 2 atom stereocenters. The minimum absolute atomic E-state index is 0.0119. The zero-order valence-electron chi connectivity index (χ0n) is 17.3. The molecule has 0 saturated carbocycles. The largest absolute Gasteiger partial charge is 0.325 e. The molecule has 2 aromatic rings. The van der Waals surface area contributed by atoms with Crippen molar-refractivity contribution in [2.45, 2.75) is 24.9 Å². The second kappa shape index (κ2) is 8.22. The number of amides is 4. The lowest BCUT2D eigenvalue weighted by molar-refractivity contribution is -0.134. The van der Waals surface area contributed by atoms with E-state index < -0.39 is 45.8 Å². The third-order valence-electron chi connectivity index (χ3n) is 5.86. The molecule has 4 amide bonds. The molecule has 0 radical (unpaired) electrons. The molecule has 0 spiro atoms. The van der Waals surface area contributed by atoms with Crippen LogP contribution in [0.25, 0.3) is 0 Å². The van der Waals surface area contributed by atoms with E-state index in [9.17, 15) is 22.8 Å². The number of imide groups is 1. The second-order valence-electron chi connectivity index (χ2n) is 8.08. The number of benzene rings is 2. The molecule has 32 heavy (non-hydrogen) atoms. The highest BCUT2D eigenvalue weighted by molar-refractivity contribution is 7.91. The maximum absolute atomic E-state index is 13.3. The van der Waals surface area contributed by atoms with E-state index in [0.29, 0.717) is 22.7 Å². The summed E-state index contributed by atoms with van der Waals surface area (Å²) in [7, 11) is -3.26. The van der Waals surface area contributed by atoms with Crippen LogP contribution in [0.3, 0.4) is 0 Å². The van der Waals surface area contributed by atoms with Crippen molar-refractivity contribution in [1.29, 1.82) is 0 Å². The fourth-order valence-corrected chi connectivity index (χ4v) is 6.25. The molecule has 0 bridgehead atoms. The van der Waals surface area contributed by atoms with Gasteiger partial charge in [-0.1, -0.05) is 48.0 Å². The molecule has 2 heterocycles. The van der Waals surface area contributed by atoms with Crippen LogP contribution in [0, 0.1) is 0 Å². The topological polar surface area (TPSA) is 104 Å². The van der Waals surface area contributed by atoms with E-state index in [1.165, 1.54) is 11.8 Å². The molecular formula is C22H22ClN3O5S. The lowest BCUT2D eigenvalue weighted by Gasteiger charge is -2.30. The molecule has 2 fully saturated rings. The average molecular weight is 476 g/mol. The van der Waals surface area contributed by atoms with Crippen LogP contribution in [0.4, 0.5) is 10.5 Å². The van der Waals surface area contributed by atoms with Crippen molar-refractivity contribution in [3.05, 3.63) is 65.2 Å². The van der Waals surface area contributed by atoms with Gasteiger partial charge in [-0.25, -0.2) is 13.2 Å². The molecule has 4 rings (SSSR count). The van der Waals surface area contributed by atoms with Gasteiger partial charge >= 0.3 is 6.03 Å². The third-order valence-corrected chi connectivity index (χ3v) is 7.94. The first-order chi connectivity index (χ1) is 15.1. The summed E-state index contributed by atoms with van der Waals surface area (Å²) in [4.78, 5) is 41.5. The zero-order valence-corrected chi connectivity index (χ0v) is 18.9. The first-order valence-corrected chi connectivity index (χ1v) is 12.3. The summed E-state index contributed by atoms with van der Waals surface area (Å²) in [6.45, 7) is 1.02. The Hall–Kier alpha value is -2.91. The standard InChI is InChI=1S/C22H22ClN3O5S/c1-22(17-9-5-6-10-18(17)23)20(28)25(21(29)24-22)13-19(27)26(15-7-3-2-4-8-15)16-11-12-32(30,31)14-16/h2-10,16H,11-14H2,1H3,(H,24,29)/t16-,22+/m1/s1. The lowest BCUT2D eigenvalue weighted by Crippen LogP contribution is -2.48. The number of hydrogen-bond donors (Lipinski definition) is 1. The number of hydrogen-bond acceptors (Lipinski definition) is 5. The molecular weight excluding hydrogens is 454 g/mol. The Morgan fingerprint density at radius 3 is 2.44 bits per heavy atom. The Balaban J connectivity index is 1.62. The first-order valence-electron chi connectivity index (χ1n) is 10.1. The number of halogens is 1. The van der Waals surface area contributed by atoms with Crippen LogP contribution in [0.5, 0.6) is 0 Å². The summed E-state index contributed by atoms with van der Waals surface area (Å²) >= 11 is 6.25. The van der Waals surface area contributed by atoms with E-state index in [-0.39, 0.29) is 11.5 Å². The predicted molar refractivity (Wildman–Crippen MR) is 120 cm³/mol. The minimum Gasteiger partial charge on any atom is -0.319 e. The van der Waals surface area contributed by atoms with Crippen molar-refractivity contribution in [1.82, 2.24) is 10.2 Å². The number of rotatable bonds is 5. The monoisotopic (exact) mass is 475 g/mol. The number of carbonyl (C=O) groups is 3. The lowest BCUT2D eigenvalue weighted by atomic mass is 9.92. The number of carbonyl (C=O) groups excluding carboxylic acids is 3. The van der Waals surface area contributed by atoms with Gasteiger partial charge in [-0.05, 0) is 31.5 Å². The van der Waals surface area contributed by atoms with Gasteiger partial charge in [0.2, 0.25) is 5.91 Å². The summed E-state index contributed by atoms with van der Waals surface area (Å²) < 4.78 is 24.1. The van der Waals surface area contributed by atoms with Crippen LogP contribution in [0.2, 0.25) is 5.02 Å². The van der Waals surface area contributed by atoms with E-state index in [1.807, 2.05) is 0 Å². The van der Waals surface area contributed by atoms with Crippen LogP contribution in [0.1, 0.15) is 18.9 Å². The van der Waals surface area contributed by atoms with E-state index in [2.05, 4.69) is 5.32 Å². The zero-order chi connectivity index (χ0) is 23.1. The molecule has 2 aliphatic rings. The Morgan fingerprint density at radius 2 is 1.81 bits per heavy atom. The Bertz CT molecular complexity index is 1190. The van der Waals surface area contributed by atoms with Gasteiger partial charge in [0, 0.05) is 16.3 Å². The smallest absolute Gasteiger partial charge is 0.319 e. The van der Waals surface area contributed by atoms with Gasteiger partial charge in [0.05, 0.1) is 17.5 Å². The summed E-state index contributed by atoms with van der Waals surface area (Å²) in [6.07, 6.45) is 0.292. The number of nitrogens with one attached hydrogen (secondary N) is 1. The number of anilines is 1. The van der Waals surface area contributed by atoms with Gasteiger partial charge in [0.15, 0.2) is 9.84 Å². The van der Waals surface area contributed by atoms with Crippen LogP contribution in [0.15, 0.2) is 54.6 Å². The predicted octanol–water partition coefficient (Wildman–Crippen LogP) is 2.33. The van der Waals surface area contributed by atoms with E-state index in [0.717, 1.165) is 4.90 Å². The van der Waals surface area contributed by atoms with Gasteiger partial charge in [-0.2, -0.15) is 0 Å². The maximum Gasteiger partial charge on any atom is 0.325 e. The average Bonchev–Trinajstić information content (AvgIpc) is 3.21. The highest BCUT2D eigenvalue weighted by Crippen LogP contribution is 2.34. The van der Waals surface area contributed by atoms with Crippen molar-refractivity contribution >= 4 is 45.0 Å².